The van der Waals surface area contributed by atoms with Gasteiger partial charge in [0, 0.05) is 30.1 Å². The SMILES string of the molecule is CN(C(=O)CCc1ccccc1Cl)[C@@H](COCc1ccccc1)COC(=O)Nc1cc2ccccc2cn1. The molecule has 196 valence electrons. The Balaban J connectivity index is 1.35. The minimum Gasteiger partial charge on any atom is -0.447 e. The molecule has 2 amide bonds. The first-order valence-corrected chi connectivity index (χ1v) is 12.8. The summed E-state index contributed by atoms with van der Waals surface area (Å²) < 4.78 is 11.4. The van der Waals surface area contributed by atoms with Gasteiger partial charge in [-0.05, 0) is 35.1 Å². The quantitative estimate of drug-likeness (QED) is 0.252. The van der Waals surface area contributed by atoms with Crippen LogP contribution in [-0.4, -0.2) is 48.2 Å². The number of pyridine rings is 1. The van der Waals surface area contributed by atoms with Gasteiger partial charge in [-0.2, -0.15) is 0 Å². The molecule has 0 aliphatic heterocycles. The summed E-state index contributed by atoms with van der Waals surface area (Å²) in [6.07, 6.45) is 1.81. The van der Waals surface area contributed by atoms with Crippen LogP contribution in [0.2, 0.25) is 5.02 Å². The highest BCUT2D eigenvalue weighted by Gasteiger charge is 2.22. The van der Waals surface area contributed by atoms with Crippen LogP contribution in [0.1, 0.15) is 17.5 Å². The average molecular weight is 532 g/mol. The average Bonchev–Trinajstić information content (AvgIpc) is 2.94. The van der Waals surface area contributed by atoms with Gasteiger partial charge < -0.3 is 14.4 Å². The van der Waals surface area contributed by atoms with Gasteiger partial charge in [0.05, 0.1) is 19.3 Å². The smallest absolute Gasteiger partial charge is 0.412 e. The van der Waals surface area contributed by atoms with E-state index in [4.69, 9.17) is 21.1 Å². The standard InChI is InChI=1S/C30H30ClN3O4/c1-34(29(35)16-15-23-11-7-8-14-27(23)31)26(20-37-19-22-9-3-2-4-10-22)21-38-30(36)33-28-17-24-12-5-6-13-25(24)18-32-28/h2-14,17-18,26H,15-16,19-21H2,1H3,(H,32,33,36)/t26-/m0/s1. The van der Waals surface area contributed by atoms with E-state index in [9.17, 15) is 9.59 Å². The number of hydrogen-bond donors (Lipinski definition) is 1. The number of anilines is 1. The molecule has 1 N–H and O–H groups in total. The molecule has 38 heavy (non-hydrogen) atoms. The molecule has 1 atom stereocenters. The highest BCUT2D eigenvalue weighted by Crippen LogP contribution is 2.18. The third-order valence-corrected chi connectivity index (χ3v) is 6.57. The van der Waals surface area contributed by atoms with Gasteiger partial charge in [0.1, 0.15) is 12.4 Å². The van der Waals surface area contributed by atoms with Gasteiger partial charge >= 0.3 is 6.09 Å². The number of amides is 2. The van der Waals surface area contributed by atoms with E-state index in [-0.39, 0.29) is 25.5 Å². The number of likely N-dealkylation sites (N-methyl/N-ethyl adjacent to an activating group) is 1. The molecular weight excluding hydrogens is 502 g/mol. The lowest BCUT2D eigenvalue weighted by molar-refractivity contribution is -0.134. The molecule has 0 aliphatic rings. The Morgan fingerprint density at radius 2 is 1.66 bits per heavy atom. The summed E-state index contributed by atoms with van der Waals surface area (Å²) in [6.45, 7) is 0.541. The van der Waals surface area contributed by atoms with E-state index >= 15 is 0 Å². The third-order valence-electron chi connectivity index (χ3n) is 6.20. The Kier molecular flexibility index (Phi) is 9.67. The molecule has 7 nitrogen and oxygen atoms in total. The van der Waals surface area contributed by atoms with Crippen molar-refractivity contribution in [1.29, 1.82) is 0 Å². The molecule has 4 rings (SSSR count). The molecule has 0 spiro atoms. The second-order valence-corrected chi connectivity index (χ2v) is 9.30. The number of ether oxygens (including phenoxy) is 2. The van der Waals surface area contributed by atoms with Crippen molar-refractivity contribution in [2.24, 2.45) is 0 Å². The number of nitrogens with one attached hydrogen (secondary N) is 1. The summed E-state index contributed by atoms with van der Waals surface area (Å²) in [7, 11) is 1.69. The highest BCUT2D eigenvalue weighted by atomic mass is 35.5. The van der Waals surface area contributed by atoms with Crippen LogP contribution in [0.5, 0.6) is 0 Å². The van der Waals surface area contributed by atoms with E-state index in [0.29, 0.717) is 23.9 Å². The number of halogens is 1. The van der Waals surface area contributed by atoms with Gasteiger partial charge in [0.15, 0.2) is 0 Å². The fraction of sp³-hybridized carbons (Fsp3) is 0.233. The molecule has 8 heteroatoms. The third kappa shape index (κ3) is 7.78. The van der Waals surface area contributed by atoms with Gasteiger partial charge in [-0.3, -0.25) is 10.1 Å². The van der Waals surface area contributed by atoms with Gasteiger partial charge in [-0.25, -0.2) is 9.78 Å². The van der Waals surface area contributed by atoms with Crippen molar-refractivity contribution in [1.82, 2.24) is 9.88 Å². The second kappa shape index (κ2) is 13.6. The van der Waals surface area contributed by atoms with E-state index in [1.807, 2.05) is 78.9 Å². The summed E-state index contributed by atoms with van der Waals surface area (Å²) in [5.41, 5.74) is 1.92. The van der Waals surface area contributed by atoms with Crippen LogP contribution in [-0.2, 0) is 27.3 Å². The van der Waals surface area contributed by atoms with Crippen molar-refractivity contribution in [3.63, 3.8) is 0 Å². The van der Waals surface area contributed by atoms with E-state index in [1.165, 1.54) is 0 Å². The van der Waals surface area contributed by atoms with Crippen molar-refractivity contribution in [3.8, 4) is 0 Å². The number of aryl methyl sites for hydroxylation is 1. The molecule has 1 aromatic heterocycles. The first-order valence-electron chi connectivity index (χ1n) is 12.4. The Labute approximate surface area is 227 Å². The van der Waals surface area contributed by atoms with Crippen LogP contribution >= 0.6 is 11.6 Å². The fourth-order valence-electron chi connectivity index (χ4n) is 3.95. The maximum atomic E-state index is 13.0. The molecule has 0 radical (unpaired) electrons. The van der Waals surface area contributed by atoms with Crippen LogP contribution in [0, 0.1) is 0 Å². The van der Waals surface area contributed by atoms with Crippen molar-refractivity contribution in [3.05, 3.63) is 107 Å². The van der Waals surface area contributed by atoms with Crippen LogP contribution in [0.15, 0.2) is 91.1 Å². The number of benzene rings is 3. The highest BCUT2D eigenvalue weighted by molar-refractivity contribution is 6.31. The minimum absolute atomic E-state index is 0.0391. The van der Waals surface area contributed by atoms with Gasteiger partial charge in [-0.1, -0.05) is 84.4 Å². The number of fused-ring (bicyclic) bond motifs is 1. The first-order chi connectivity index (χ1) is 18.5. The van der Waals surface area contributed by atoms with Gasteiger partial charge in [-0.15, -0.1) is 0 Å². The molecule has 4 aromatic rings. The molecule has 0 bridgehead atoms. The Hall–Kier alpha value is -3.94. The number of nitrogens with zero attached hydrogens (tertiary/aromatic N) is 2. The number of rotatable bonds is 11. The summed E-state index contributed by atoms with van der Waals surface area (Å²) in [5, 5.41) is 5.22. The summed E-state index contributed by atoms with van der Waals surface area (Å²) in [4.78, 5) is 31.4. The molecule has 0 fully saturated rings. The number of aromatic nitrogens is 1. The molecule has 3 aromatic carbocycles. The number of carbonyl (C=O) groups excluding carboxylic acids is 2. The summed E-state index contributed by atoms with van der Waals surface area (Å²) >= 11 is 6.25. The Bertz CT molecular complexity index is 1370. The van der Waals surface area contributed by atoms with Crippen molar-refractivity contribution >= 4 is 40.2 Å². The van der Waals surface area contributed by atoms with E-state index in [0.717, 1.165) is 21.9 Å². The normalized spacial score (nSPS) is 11.6. The van der Waals surface area contributed by atoms with Gasteiger partial charge in [0.2, 0.25) is 5.91 Å². The van der Waals surface area contributed by atoms with Crippen molar-refractivity contribution in [2.45, 2.75) is 25.5 Å². The van der Waals surface area contributed by atoms with E-state index in [1.54, 1.807) is 24.2 Å². The zero-order valence-corrected chi connectivity index (χ0v) is 21.9. The van der Waals surface area contributed by atoms with Crippen molar-refractivity contribution in [2.75, 3.05) is 25.6 Å². The molecule has 0 saturated heterocycles. The van der Waals surface area contributed by atoms with Gasteiger partial charge in [0.25, 0.3) is 0 Å². The summed E-state index contributed by atoms with van der Waals surface area (Å²) in [5.74, 6) is 0.285. The topological polar surface area (TPSA) is 80.8 Å². The molecule has 0 saturated carbocycles. The van der Waals surface area contributed by atoms with E-state index in [2.05, 4.69) is 10.3 Å². The van der Waals surface area contributed by atoms with Crippen LogP contribution in [0.3, 0.4) is 0 Å². The minimum atomic E-state index is -0.655. The van der Waals surface area contributed by atoms with Crippen molar-refractivity contribution < 1.29 is 19.1 Å². The molecule has 1 heterocycles. The predicted molar refractivity (Wildman–Crippen MR) is 149 cm³/mol. The largest absolute Gasteiger partial charge is 0.447 e. The monoisotopic (exact) mass is 531 g/mol. The summed E-state index contributed by atoms with van der Waals surface area (Å²) in [6, 6.07) is 26.3. The fourth-order valence-corrected chi connectivity index (χ4v) is 4.18. The lowest BCUT2D eigenvalue weighted by Crippen LogP contribution is -2.44. The number of hydrogen-bond acceptors (Lipinski definition) is 5. The molecule has 0 aliphatic carbocycles. The lowest BCUT2D eigenvalue weighted by atomic mass is 10.1. The maximum absolute atomic E-state index is 13.0. The van der Waals surface area contributed by atoms with Crippen LogP contribution in [0.25, 0.3) is 10.8 Å². The zero-order valence-electron chi connectivity index (χ0n) is 21.2. The Morgan fingerprint density at radius 1 is 0.947 bits per heavy atom. The van der Waals surface area contributed by atoms with E-state index < -0.39 is 12.1 Å². The predicted octanol–water partition coefficient (Wildman–Crippen LogP) is 6.11. The van der Waals surface area contributed by atoms with Crippen LogP contribution in [0.4, 0.5) is 10.6 Å². The molecule has 0 unspecified atom stereocenters. The Morgan fingerprint density at radius 3 is 2.45 bits per heavy atom. The lowest BCUT2D eigenvalue weighted by Gasteiger charge is -2.28. The number of carbonyl (C=O) groups is 2. The first kappa shape index (κ1) is 27.1. The van der Waals surface area contributed by atoms with Crippen LogP contribution < -0.4 is 5.32 Å². The maximum Gasteiger partial charge on any atom is 0.412 e. The second-order valence-electron chi connectivity index (χ2n) is 8.89. The zero-order chi connectivity index (χ0) is 26.7. The molecular formula is C30H30ClN3O4.